The maximum Gasteiger partial charge on any atom is 0.412 e. The first-order valence-electron chi connectivity index (χ1n) is 13.8. The van der Waals surface area contributed by atoms with Crippen molar-refractivity contribution in [1.29, 1.82) is 0 Å². The van der Waals surface area contributed by atoms with E-state index in [4.69, 9.17) is 14.5 Å². The van der Waals surface area contributed by atoms with E-state index in [1.165, 1.54) is 0 Å². The summed E-state index contributed by atoms with van der Waals surface area (Å²) in [6.45, 7) is 2.86. The minimum atomic E-state index is -1.87. The highest BCUT2D eigenvalue weighted by Gasteiger charge is 2.45. The monoisotopic (exact) mass is 563 g/mol. The van der Waals surface area contributed by atoms with E-state index in [-0.39, 0.29) is 42.3 Å². The molecule has 0 saturated heterocycles. The van der Waals surface area contributed by atoms with Gasteiger partial charge in [-0.05, 0) is 49.6 Å². The first-order valence-corrected chi connectivity index (χ1v) is 13.8. The highest BCUT2D eigenvalue weighted by molar-refractivity contribution is 5.87. The number of carbonyl (C=O) groups excluding carboxylic acids is 3. The first kappa shape index (κ1) is 28.1. The number of nitrogens with zero attached hydrogens (tertiary/aromatic N) is 2. The molecule has 3 amide bonds. The largest absolute Gasteiger partial charge is 0.458 e. The van der Waals surface area contributed by atoms with E-state index in [0.717, 1.165) is 36.6 Å². The molecular weight excluding hydrogens is 530 g/mol. The lowest BCUT2D eigenvalue weighted by molar-refractivity contribution is -0.172. The molecule has 0 fully saturated rings. The van der Waals surface area contributed by atoms with Crippen molar-refractivity contribution in [2.75, 3.05) is 20.1 Å². The van der Waals surface area contributed by atoms with Crippen molar-refractivity contribution in [1.82, 2.24) is 25.5 Å². The number of nitrogens with one attached hydrogen (secondary N) is 3. The van der Waals surface area contributed by atoms with Gasteiger partial charge in [0.25, 0.3) is 5.56 Å². The Morgan fingerprint density at radius 1 is 1.10 bits per heavy atom. The van der Waals surface area contributed by atoms with Crippen LogP contribution in [0.4, 0.5) is 9.59 Å². The number of esters is 1. The van der Waals surface area contributed by atoms with Crippen molar-refractivity contribution in [3.05, 3.63) is 57.4 Å². The zero-order valence-corrected chi connectivity index (χ0v) is 23.0. The van der Waals surface area contributed by atoms with Crippen molar-refractivity contribution >= 4 is 29.0 Å². The third kappa shape index (κ3) is 5.47. The number of cyclic esters (lactones) is 1. The predicted molar refractivity (Wildman–Crippen MR) is 149 cm³/mol. The second-order valence-electron chi connectivity index (χ2n) is 10.2. The summed E-state index contributed by atoms with van der Waals surface area (Å²) in [5, 5.41) is 19.7. The second-order valence-corrected chi connectivity index (χ2v) is 10.2. The number of aliphatic hydroxyl groups is 1. The van der Waals surface area contributed by atoms with Gasteiger partial charge in [-0.1, -0.05) is 19.8 Å². The molecule has 1 aromatic carbocycles. The van der Waals surface area contributed by atoms with Crippen LogP contribution in [0.2, 0.25) is 0 Å². The Morgan fingerprint density at radius 3 is 2.59 bits per heavy atom. The third-order valence-electron chi connectivity index (χ3n) is 7.58. The predicted octanol–water partition coefficient (Wildman–Crippen LogP) is 2.66. The molecule has 0 radical (unpaired) electrons. The van der Waals surface area contributed by atoms with Gasteiger partial charge >= 0.3 is 18.1 Å². The number of benzene rings is 1. The minimum absolute atomic E-state index is 0.0776. The normalized spacial score (nSPS) is 16.8. The SMILES string of the molecule is CC[C@]1(O)C(=O)OCc2c1cc1n(c2=O)Cc2cc3cc(OC(=O)NCCCCCCNC(=O)NC)ccc3nc2-1. The number of rotatable bonds is 9. The summed E-state index contributed by atoms with van der Waals surface area (Å²) in [5.41, 5.74) is 0.938. The highest BCUT2D eigenvalue weighted by atomic mass is 16.6. The quantitative estimate of drug-likeness (QED) is 0.179. The van der Waals surface area contributed by atoms with Crippen LogP contribution in [0, 0.1) is 0 Å². The van der Waals surface area contributed by atoms with E-state index < -0.39 is 17.7 Å². The number of carbonyl (C=O) groups is 3. The highest BCUT2D eigenvalue weighted by Crippen LogP contribution is 2.38. The molecule has 4 N–H and O–H groups in total. The lowest BCUT2D eigenvalue weighted by Crippen LogP contribution is -2.44. The molecular formula is C29H33N5O7. The molecule has 0 saturated carbocycles. The van der Waals surface area contributed by atoms with Gasteiger partial charge in [0.05, 0.1) is 29.0 Å². The fraction of sp³-hybridized carbons (Fsp3) is 0.414. The molecule has 0 aliphatic carbocycles. The molecule has 12 nitrogen and oxygen atoms in total. The zero-order valence-electron chi connectivity index (χ0n) is 23.0. The van der Waals surface area contributed by atoms with Gasteiger partial charge in [-0.2, -0.15) is 0 Å². The standard InChI is InChI=1S/C29H33N5O7/c1-3-29(39)21-14-23-24-18(15-34(23)25(35)20(21)16-40-26(29)36)12-17-13-19(8-9-22(17)33-24)41-28(38)32-11-7-5-4-6-10-31-27(37)30-2/h8-9,12-14,39H,3-7,10-11,15-16H2,1-2H3,(H,32,38)(H2,30,31,37)/t29-/m1/s1. The Labute approximate surface area is 236 Å². The van der Waals surface area contributed by atoms with Gasteiger partial charge in [-0.15, -0.1) is 0 Å². The van der Waals surface area contributed by atoms with Crippen LogP contribution in [0.25, 0.3) is 22.3 Å². The van der Waals surface area contributed by atoms with E-state index in [0.29, 0.717) is 35.7 Å². The van der Waals surface area contributed by atoms with Gasteiger partial charge in [0.15, 0.2) is 5.60 Å². The Bertz CT molecular complexity index is 1580. The van der Waals surface area contributed by atoms with Crippen molar-refractivity contribution in [3.63, 3.8) is 0 Å². The number of fused-ring (bicyclic) bond motifs is 5. The molecule has 0 unspecified atom stereocenters. The molecule has 12 heteroatoms. The number of hydrogen-bond donors (Lipinski definition) is 4. The minimum Gasteiger partial charge on any atom is -0.458 e. The number of ether oxygens (including phenoxy) is 2. The van der Waals surface area contributed by atoms with E-state index in [1.807, 2.05) is 6.07 Å². The molecule has 0 spiro atoms. The Kier molecular flexibility index (Phi) is 7.93. The molecule has 2 aromatic heterocycles. The smallest absolute Gasteiger partial charge is 0.412 e. The van der Waals surface area contributed by atoms with E-state index >= 15 is 0 Å². The molecule has 4 heterocycles. The van der Waals surface area contributed by atoms with Gasteiger partial charge in [0, 0.05) is 36.7 Å². The molecule has 3 aromatic rings. The van der Waals surface area contributed by atoms with Crippen LogP contribution in [0.1, 0.15) is 55.7 Å². The van der Waals surface area contributed by atoms with Crippen molar-refractivity contribution in [2.24, 2.45) is 0 Å². The van der Waals surface area contributed by atoms with Crippen LogP contribution in [-0.4, -0.2) is 52.9 Å². The number of hydrogen-bond acceptors (Lipinski definition) is 8. The van der Waals surface area contributed by atoms with Crippen molar-refractivity contribution < 1.29 is 29.0 Å². The average molecular weight is 564 g/mol. The molecule has 1 atom stereocenters. The lowest BCUT2D eigenvalue weighted by Gasteiger charge is -2.31. The number of amides is 3. The number of pyridine rings is 2. The van der Waals surface area contributed by atoms with Crippen LogP contribution in [0.15, 0.2) is 35.1 Å². The summed E-state index contributed by atoms with van der Waals surface area (Å²) >= 11 is 0. The average Bonchev–Trinajstić information content (AvgIpc) is 3.33. The summed E-state index contributed by atoms with van der Waals surface area (Å²) in [5.74, 6) is -0.394. The fourth-order valence-electron chi connectivity index (χ4n) is 5.25. The van der Waals surface area contributed by atoms with Crippen LogP contribution < -0.4 is 26.2 Å². The topological polar surface area (TPSA) is 161 Å². The number of urea groups is 1. The first-order chi connectivity index (χ1) is 19.7. The second kappa shape index (κ2) is 11.6. The molecule has 216 valence electrons. The summed E-state index contributed by atoms with van der Waals surface area (Å²) in [4.78, 5) is 53.8. The summed E-state index contributed by atoms with van der Waals surface area (Å²) < 4.78 is 12.2. The van der Waals surface area contributed by atoms with Gasteiger partial charge in [0.2, 0.25) is 0 Å². The number of unbranched alkanes of at least 4 members (excludes halogenated alkanes) is 3. The molecule has 0 bridgehead atoms. The van der Waals surface area contributed by atoms with Crippen molar-refractivity contribution in [3.8, 4) is 17.1 Å². The molecule has 2 aliphatic rings. The summed E-state index contributed by atoms with van der Waals surface area (Å²) in [7, 11) is 1.57. The van der Waals surface area contributed by atoms with Gasteiger partial charge in [0.1, 0.15) is 12.4 Å². The van der Waals surface area contributed by atoms with E-state index in [9.17, 15) is 24.3 Å². The van der Waals surface area contributed by atoms with Gasteiger partial charge < -0.3 is 35.1 Å². The molecule has 41 heavy (non-hydrogen) atoms. The van der Waals surface area contributed by atoms with Crippen LogP contribution >= 0.6 is 0 Å². The lowest BCUT2D eigenvalue weighted by atomic mass is 9.86. The van der Waals surface area contributed by atoms with Crippen LogP contribution in [-0.2, 0) is 28.3 Å². The fourth-order valence-corrected chi connectivity index (χ4v) is 5.25. The Hall–Kier alpha value is -4.45. The summed E-state index contributed by atoms with van der Waals surface area (Å²) in [6.07, 6.45) is 3.04. The number of aromatic nitrogens is 2. The molecule has 5 rings (SSSR count). The van der Waals surface area contributed by atoms with Gasteiger partial charge in [-0.3, -0.25) is 4.79 Å². The Morgan fingerprint density at radius 2 is 1.85 bits per heavy atom. The molecule has 2 aliphatic heterocycles. The van der Waals surface area contributed by atoms with Crippen LogP contribution in [0.5, 0.6) is 5.75 Å². The van der Waals surface area contributed by atoms with Crippen molar-refractivity contribution in [2.45, 2.75) is 57.8 Å². The maximum absolute atomic E-state index is 13.3. The summed E-state index contributed by atoms with van der Waals surface area (Å²) in [6, 6.07) is 8.50. The van der Waals surface area contributed by atoms with E-state index in [1.54, 1.807) is 42.8 Å². The Balaban J connectivity index is 1.24. The third-order valence-corrected chi connectivity index (χ3v) is 7.58. The van der Waals surface area contributed by atoms with Crippen LogP contribution in [0.3, 0.4) is 0 Å². The van der Waals surface area contributed by atoms with Gasteiger partial charge in [-0.25, -0.2) is 19.4 Å². The van der Waals surface area contributed by atoms with E-state index in [2.05, 4.69) is 16.0 Å². The maximum atomic E-state index is 13.3. The zero-order chi connectivity index (χ0) is 29.1.